The van der Waals surface area contributed by atoms with Gasteiger partial charge in [-0.15, -0.1) is 10.2 Å². The maximum absolute atomic E-state index is 12.1. The number of aliphatic hydroxyl groups is 1. The number of carbonyl (C=O) groups is 1. The average Bonchev–Trinajstić information content (AvgIpc) is 3.37. The number of aliphatic hydroxyl groups excluding tert-OH is 1. The van der Waals surface area contributed by atoms with Crippen LogP contribution in [0.4, 0.5) is 17.5 Å². The van der Waals surface area contributed by atoms with Crippen molar-refractivity contribution in [2.75, 3.05) is 17.2 Å². The molecular weight excluding hydrogens is 563 g/mol. The molecule has 1 aliphatic heterocycles. The Morgan fingerprint density at radius 3 is 2.63 bits per heavy atom. The Labute approximate surface area is 214 Å². The molecule has 2 aromatic heterocycles. The van der Waals surface area contributed by atoms with Gasteiger partial charge >= 0.3 is 5.97 Å². The average molecular weight is 584 g/mol. The fourth-order valence-electron chi connectivity index (χ4n) is 3.88. The smallest absolute Gasteiger partial charge is 0.339 e. The van der Waals surface area contributed by atoms with Gasteiger partial charge in [0.25, 0.3) is 9.79 Å². The van der Waals surface area contributed by atoms with E-state index in [1.807, 2.05) is 72.8 Å². The van der Waals surface area contributed by atoms with Crippen molar-refractivity contribution in [3.05, 3.63) is 75.3 Å². The van der Waals surface area contributed by atoms with Crippen molar-refractivity contribution < 1.29 is 19.1 Å². The maximum Gasteiger partial charge on any atom is 0.339 e. The maximum atomic E-state index is 12.1. The second-order valence-electron chi connectivity index (χ2n) is 8.39. The molecular formula is C24H21IN6O4. The van der Waals surface area contributed by atoms with Gasteiger partial charge in [0.15, 0.2) is 0 Å². The van der Waals surface area contributed by atoms with Crippen LogP contribution in [0.5, 0.6) is 0 Å². The fraction of sp³-hybridized carbons (Fsp3) is 0.208. The normalized spacial score (nSPS) is 14.8. The highest BCUT2D eigenvalue weighted by atomic mass is 127. The first-order chi connectivity index (χ1) is 16.8. The molecule has 11 heteroatoms. The predicted octanol–water partition coefficient (Wildman–Crippen LogP) is 4.43. The minimum Gasteiger partial charge on any atom is -0.451 e. The molecule has 0 saturated carbocycles. The Morgan fingerprint density at radius 2 is 1.91 bits per heavy atom. The lowest BCUT2D eigenvalue weighted by molar-refractivity contribution is 0.00954. The van der Waals surface area contributed by atoms with Gasteiger partial charge in [-0.2, -0.15) is 4.98 Å². The number of benzene rings is 2. The number of carbonyl (C=O) groups excluding carboxylic acids is 1. The van der Waals surface area contributed by atoms with Crippen LogP contribution in [0, 0.1) is 3.90 Å². The van der Waals surface area contributed by atoms with E-state index in [4.69, 9.17) is 9.15 Å². The van der Waals surface area contributed by atoms with Crippen LogP contribution in [0.3, 0.4) is 0 Å². The molecule has 4 aromatic rings. The van der Waals surface area contributed by atoms with Gasteiger partial charge in [-0.05, 0) is 37.6 Å². The molecule has 0 unspecified atom stereocenters. The number of halogens is 1. The SMILES string of the molecule is CC1(C)OC(=O)c2ccc(Nc3ncc(-c4nnc(I)o4)c(N[C@H](CO)c4ccccc4)n3)cc21. The summed E-state index contributed by atoms with van der Waals surface area (Å²) in [5.41, 5.74) is 2.68. The van der Waals surface area contributed by atoms with Crippen LogP contribution in [-0.2, 0) is 10.3 Å². The molecule has 3 N–H and O–H groups in total. The molecule has 5 rings (SSSR count). The van der Waals surface area contributed by atoms with Crippen molar-refractivity contribution in [2.24, 2.45) is 0 Å². The first-order valence-electron chi connectivity index (χ1n) is 10.8. The van der Waals surface area contributed by atoms with Crippen molar-refractivity contribution in [1.29, 1.82) is 0 Å². The Bertz CT molecular complexity index is 1390. The quantitative estimate of drug-likeness (QED) is 0.212. The standard InChI is InChI=1S/C24H21IN6O4/c1-24(2)17-10-14(8-9-15(17)21(33)35-24)27-23-26-11-16(20-30-31-22(25)34-20)19(29-23)28-18(12-32)13-6-4-3-5-7-13/h3-11,18,32H,12H2,1-2H3,(H2,26,27,28,29)/t18-/m1/s1. The highest BCUT2D eigenvalue weighted by Gasteiger charge is 2.37. The van der Waals surface area contributed by atoms with Crippen molar-refractivity contribution >= 4 is 46.0 Å². The number of fused-ring (bicyclic) bond motifs is 1. The van der Waals surface area contributed by atoms with Crippen LogP contribution in [0.25, 0.3) is 11.5 Å². The van der Waals surface area contributed by atoms with Gasteiger partial charge in [0, 0.05) is 40.0 Å². The number of cyclic esters (lactones) is 1. The summed E-state index contributed by atoms with van der Waals surface area (Å²) in [4.78, 5) is 21.2. The summed E-state index contributed by atoms with van der Waals surface area (Å²) in [5, 5.41) is 24.5. The Hall–Kier alpha value is -3.58. The van der Waals surface area contributed by atoms with Gasteiger partial charge in [-0.3, -0.25) is 0 Å². The Balaban J connectivity index is 1.50. The molecule has 1 aliphatic rings. The van der Waals surface area contributed by atoms with Gasteiger partial charge in [0.2, 0.25) is 5.95 Å². The van der Waals surface area contributed by atoms with Gasteiger partial charge in [0.1, 0.15) is 11.4 Å². The van der Waals surface area contributed by atoms with E-state index in [-0.39, 0.29) is 18.5 Å². The topological polar surface area (TPSA) is 135 Å². The second kappa shape index (κ2) is 9.23. The van der Waals surface area contributed by atoms with Crippen LogP contribution in [0.2, 0.25) is 0 Å². The number of hydrogen-bond donors (Lipinski definition) is 3. The molecule has 0 amide bonds. The summed E-state index contributed by atoms with van der Waals surface area (Å²) in [6, 6.07) is 14.5. The number of hydrogen-bond acceptors (Lipinski definition) is 10. The lowest BCUT2D eigenvalue weighted by Gasteiger charge is -2.20. The third-order valence-corrected chi connectivity index (χ3v) is 6.04. The van der Waals surface area contributed by atoms with Gasteiger partial charge < -0.3 is 24.9 Å². The molecule has 0 bridgehead atoms. The van der Waals surface area contributed by atoms with Gasteiger partial charge in [0.05, 0.1) is 23.8 Å². The number of ether oxygens (including phenoxy) is 1. The molecule has 10 nitrogen and oxygen atoms in total. The first-order valence-corrected chi connectivity index (χ1v) is 11.9. The molecule has 0 radical (unpaired) electrons. The summed E-state index contributed by atoms with van der Waals surface area (Å²) in [6.07, 6.45) is 1.57. The zero-order valence-electron chi connectivity index (χ0n) is 18.8. The number of nitrogens with zero attached hydrogens (tertiary/aromatic N) is 4. The van der Waals surface area contributed by atoms with Crippen LogP contribution >= 0.6 is 22.6 Å². The summed E-state index contributed by atoms with van der Waals surface area (Å²) in [6.45, 7) is 3.53. The van der Waals surface area contributed by atoms with Crippen molar-refractivity contribution in [2.45, 2.75) is 25.5 Å². The first kappa shape index (κ1) is 23.2. The zero-order valence-corrected chi connectivity index (χ0v) is 21.0. The molecule has 1 atom stereocenters. The molecule has 0 spiro atoms. The van der Waals surface area contributed by atoms with E-state index in [2.05, 4.69) is 30.8 Å². The van der Waals surface area contributed by atoms with Crippen LogP contribution < -0.4 is 10.6 Å². The minimum atomic E-state index is -0.722. The summed E-state index contributed by atoms with van der Waals surface area (Å²) in [5.74, 6) is 0.626. The molecule has 2 aromatic carbocycles. The summed E-state index contributed by atoms with van der Waals surface area (Å²) in [7, 11) is 0. The van der Waals surface area contributed by atoms with Crippen molar-refractivity contribution in [3.8, 4) is 11.5 Å². The second-order valence-corrected chi connectivity index (χ2v) is 9.31. The van der Waals surface area contributed by atoms with Crippen molar-refractivity contribution in [1.82, 2.24) is 20.2 Å². The molecule has 0 aliphatic carbocycles. The van der Waals surface area contributed by atoms with Crippen molar-refractivity contribution in [3.63, 3.8) is 0 Å². The van der Waals surface area contributed by atoms with Gasteiger partial charge in [-0.1, -0.05) is 30.3 Å². The number of anilines is 3. The molecule has 178 valence electrons. The van der Waals surface area contributed by atoms with Crippen LogP contribution in [-0.4, -0.2) is 37.8 Å². The third kappa shape index (κ3) is 4.68. The number of aromatic nitrogens is 4. The van der Waals surface area contributed by atoms with E-state index >= 15 is 0 Å². The van der Waals surface area contributed by atoms with E-state index in [1.165, 1.54) is 0 Å². The Morgan fingerprint density at radius 1 is 1.11 bits per heavy atom. The number of esters is 1. The monoisotopic (exact) mass is 584 g/mol. The zero-order chi connectivity index (χ0) is 24.6. The minimum absolute atomic E-state index is 0.161. The van der Waals surface area contributed by atoms with E-state index < -0.39 is 11.6 Å². The lowest BCUT2D eigenvalue weighted by Crippen LogP contribution is -2.17. The molecule has 0 saturated heterocycles. The molecule has 3 heterocycles. The van der Waals surface area contributed by atoms with E-state index in [0.29, 0.717) is 32.5 Å². The number of nitrogens with one attached hydrogen (secondary N) is 2. The third-order valence-electron chi connectivity index (χ3n) is 5.61. The number of rotatable bonds is 7. The summed E-state index contributed by atoms with van der Waals surface area (Å²) < 4.78 is 11.4. The highest BCUT2D eigenvalue weighted by Crippen LogP contribution is 2.38. The van der Waals surface area contributed by atoms with E-state index in [1.54, 1.807) is 18.3 Å². The fourth-order valence-corrected chi connectivity index (χ4v) is 4.19. The van der Waals surface area contributed by atoms with Gasteiger partial charge in [-0.25, -0.2) is 9.78 Å². The highest BCUT2D eigenvalue weighted by molar-refractivity contribution is 14.1. The van der Waals surface area contributed by atoms with E-state index in [9.17, 15) is 9.90 Å². The van der Waals surface area contributed by atoms with Crippen LogP contribution in [0.15, 0.2) is 59.1 Å². The predicted molar refractivity (Wildman–Crippen MR) is 136 cm³/mol. The molecule has 0 fully saturated rings. The lowest BCUT2D eigenvalue weighted by atomic mass is 9.95. The summed E-state index contributed by atoms with van der Waals surface area (Å²) >= 11 is 1.93. The molecule has 35 heavy (non-hydrogen) atoms. The van der Waals surface area contributed by atoms with E-state index in [0.717, 1.165) is 11.1 Å². The Kier molecular flexibility index (Phi) is 6.11. The van der Waals surface area contributed by atoms with Crippen LogP contribution in [0.1, 0.15) is 41.4 Å². The largest absolute Gasteiger partial charge is 0.451 e.